The van der Waals surface area contributed by atoms with Crippen molar-refractivity contribution in [3.8, 4) is 17.2 Å². The molecule has 8 nitrogen and oxygen atoms in total. The molecule has 162 valence electrons. The zero-order valence-electron chi connectivity index (χ0n) is 17.4. The Labute approximate surface area is 184 Å². The lowest BCUT2D eigenvalue weighted by Crippen LogP contribution is -2.24. The molecule has 3 rings (SSSR count). The lowest BCUT2D eigenvalue weighted by atomic mass is 10.2. The fourth-order valence-corrected chi connectivity index (χ4v) is 3.47. The number of hydrogen-bond acceptors (Lipinski definition) is 7. The Morgan fingerprint density at radius 1 is 0.968 bits per heavy atom. The SMILES string of the molecule is COc1ccc(CNC(=O)Cc2csc(NC(=O)c3ccc(OC)c(OC)c3)n2)cc1. The van der Waals surface area contributed by atoms with E-state index in [0.29, 0.717) is 34.4 Å². The molecular formula is C22H23N3O5S. The fourth-order valence-electron chi connectivity index (χ4n) is 2.76. The van der Waals surface area contributed by atoms with Crippen LogP contribution in [0, 0.1) is 0 Å². The number of carbonyl (C=O) groups is 2. The molecule has 2 aromatic carbocycles. The van der Waals surface area contributed by atoms with Crippen LogP contribution >= 0.6 is 11.3 Å². The maximum absolute atomic E-state index is 12.5. The van der Waals surface area contributed by atoms with E-state index in [0.717, 1.165) is 11.3 Å². The van der Waals surface area contributed by atoms with Crippen molar-refractivity contribution in [1.29, 1.82) is 0 Å². The van der Waals surface area contributed by atoms with Gasteiger partial charge in [0.25, 0.3) is 5.91 Å². The number of carbonyl (C=O) groups excluding carboxylic acids is 2. The van der Waals surface area contributed by atoms with E-state index in [1.54, 1.807) is 30.7 Å². The van der Waals surface area contributed by atoms with Crippen molar-refractivity contribution >= 4 is 28.3 Å². The van der Waals surface area contributed by atoms with Gasteiger partial charge in [0.05, 0.1) is 33.4 Å². The third kappa shape index (κ3) is 5.95. The minimum absolute atomic E-state index is 0.124. The normalized spacial score (nSPS) is 10.3. The number of rotatable bonds is 9. The van der Waals surface area contributed by atoms with E-state index in [1.807, 2.05) is 24.3 Å². The number of hydrogen-bond donors (Lipinski definition) is 2. The Kier molecular flexibility index (Phi) is 7.45. The molecule has 0 saturated heterocycles. The largest absolute Gasteiger partial charge is 0.497 e. The maximum atomic E-state index is 12.5. The van der Waals surface area contributed by atoms with Crippen molar-refractivity contribution in [2.75, 3.05) is 26.6 Å². The second-order valence-electron chi connectivity index (χ2n) is 6.47. The highest BCUT2D eigenvalue weighted by atomic mass is 32.1. The Balaban J connectivity index is 1.53. The Bertz CT molecular complexity index is 1050. The Morgan fingerprint density at radius 3 is 2.39 bits per heavy atom. The molecule has 0 atom stereocenters. The van der Waals surface area contributed by atoms with Gasteiger partial charge in [-0.3, -0.25) is 14.9 Å². The van der Waals surface area contributed by atoms with Crippen LogP contribution in [0.25, 0.3) is 0 Å². The predicted octanol–water partition coefficient (Wildman–Crippen LogP) is 3.28. The van der Waals surface area contributed by atoms with E-state index >= 15 is 0 Å². The van der Waals surface area contributed by atoms with E-state index in [9.17, 15) is 9.59 Å². The molecular weight excluding hydrogens is 418 g/mol. The van der Waals surface area contributed by atoms with Crippen LogP contribution in [0.4, 0.5) is 5.13 Å². The van der Waals surface area contributed by atoms with Gasteiger partial charge in [-0.15, -0.1) is 11.3 Å². The van der Waals surface area contributed by atoms with Crippen molar-refractivity contribution in [3.05, 3.63) is 64.7 Å². The van der Waals surface area contributed by atoms with Crippen LogP contribution in [0.2, 0.25) is 0 Å². The number of ether oxygens (including phenoxy) is 3. The summed E-state index contributed by atoms with van der Waals surface area (Å²) in [6.45, 7) is 0.413. The molecule has 9 heteroatoms. The van der Waals surface area contributed by atoms with Crippen molar-refractivity contribution in [2.24, 2.45) is 0 Å². The molecule has 1 aromatic heterocycles. The summed E-state index contributed by atoms with van der Waals surface area (Å²) in [5.41, 5.74) is 1.96. The zero-order chi connectivity index (χ0) is 22.2. The monoisotopic (exact) mass is 441 g/mol. The second kappa shape index (κ2) is 10.4. The number of thiazole rings is 1. The molecule has 1 heterocycles. The van der Waals surface area contributed by atoms with Crippen LogP contribution in [0.5, 0.6) is 17.2 Å². The first kappa shape index (κ1) is 22.1. The Hall–Kier alpha value is -3.59. The molecule has 2 amide bonds. The standard InChI is InChI=1S/C22H23N3O5S/c1-28-17-7-4-14(5-8-17)12-23-20(26)11-16-13-31-22(24-16)25-21(27)15-6-9-18(29-2)19(10-15)30-3/h4-10,13H,11-12H2,1-3H3,(H,23,26)(H,24,25,27). The molecule has 0 fully saturated rings. The first-order valence-corrected chi connectivity index (χ1v) is 10.3. The molecule has 2 N–H and O–H groups in total. The van der Waals surface area contributed by atoms with Gasteiger partial charge < -0.3 is 19.5 Å². The molecule has 0 radical (unpaired) electrons. The maximum Gasteiger partial charge on any atom is 0.257 e. The van der Waals surface area contributed by atoms with Crippen molar-refractivity contribution in [2.45, 2.75) is 13.0 Å². The van der Waals surface area contributed by atoms with Gasteiger partial charge in [-0.1, -0.05) is 12.1 Å². The average Bonchev–Trinajstić information content (AvgIpc) is 3.23. The molecule has 0 bridgehead atoms. The van der Waals surface area contributed by atoms with E-state index < -0.39 is 0 Å². The number of methoxy groups -OCH3 is 3. The lowest BCUT2D eigenvalue weighted by molar-refractivity contribution is -0.120. The number of amides is 2. The fraction of sp³-hybridized carbons (Fsp3) is 0.227. The van der Waals surface area contributed by atoms with Crippen molar-refractivity contribution in [1.82, 2.24) is 10.3 Å². The molecule has 0 spiro atoms. The second-order valence-corrected chi connectivity index (χ2v) is 7.33. The number of aromatic nitrogens is 1. The summed E-state index contributed by atoms with van der Waals surface area (Å²) in [6.07, 6.45) is 0.124. The van der Waals surface area contributed by atoms with Gasteiger partial charge in [-0.2, -0.15) is 0 Å². The minimum Gasteiger partial charge on any atom is -0.497 e. The number of nitrogens with one attached hydrogen (secondary N) is 2. The Morgan fingerprint density at radius 2 is 1.71 bits per heavy atom. The zero-order valence-corrected chi connectivity index (χ0v) is 18.2. The summed E-state index contributed by atoms with van der Waals surface area (Å²) >= 11 is 1.26. The van der Waals surface area contributed by atoms with Gasteiger partial charge >= 0.3 is 0 Å². The van der Waals surface area contributed by atoms with Crippen LogP contribution in [-0.2, 0) is 17.8 Å². The minimum atomic E-state index is -0.328. The molecule has 31 heavy (non-hydrogen) atoms. The molecule has 0 aliphatic rings. The first-order valence-electron chi connectivity index (χ1n) is 9.39. The molecule has 0 aliphatic heterocycles. The summed E-state index contributed by atoms with van der Waals surface area (Å²) in [6, 6.07) is 12.4. The van der Waals surface area contributed by atoms with Crippen LogP contribution in [0.15, 0.2) is 47.8 Å². The average molecular weight is 442 g/mol. The van der Waals surface area contributed by atoms with Crippen molar-refractivity contribution in [3.63, 3.8) is 0 Å². The quantitative estimate of drug-likeness (QED) is 0.529. The predicted molar refractivity (Wildman–Crippen MR) is 118 cm³/mol. The molecule has 3 aromatic rings. The van der Waals surface area contributed by atoms with E-state index in [-0.39, 0.29) is 18.2 Å². The molecule has 0 unspecified atom stereocenters. The summed E-state index contributed by atoms with van der Waals surface area (Å²) < 4.78 is 15.5. The highest BCUT2D eigenvalue weighted by Crippen LogP contribution is 2.28. The third-order valence-electron chi connectivity index (χ3n) is 4.41. The first-order chi connectivity index (χ1) is 15.0. The molecule has 0 saturated carbocycles. The highest BCUT2D eigenvalue weighted by Gasteiger charge is 2.14. The summed E-state index contributed by atoms with van der Waals surface area (Å²) in [4.78, 5) is 29.0. The van der Waals surface area contributed by atoms with Crippen LogP contribution in [0.3, 0.4) is 0 Å². The van der Waals surface area contributed by atoms with Gasteiger partial charge in [0.15, 0.2) is 16.6 Å². The number of benzene rings is 2. The van der Waals surface area contributed by atoms with Crippen LogP contribution < -0.4 is 24.8 Å². The van der Waals surface area contributed by atoms with Gasteiger partial charge in [0.1, 0.15) is 5.75 Å². The number of anilines is 1. The lowest BCUT2D eigenvalue weighted by Gasteiger charge is -2.09. The topological polar surface area (TPSA) is 98.8 Å². The van der Waals surface area contributed by atoms with E-state index in [4.69, 9.17) is 14.2 Å². The summed E-state index contributed by atoms with van der Waals surface area (Å²) in [7, 11) is 4.64. The van der Waals surface area contributed by atoms with Crippen molar-refractivity contribution < 1.29 is 23.8 Å². The van der Waals surface area contributed by atoms with Gasteiger partial charge in [0, 0.05) is 17.5 Å². The van der Waals surface area contributed by atoms with Gasteiger partial charge in [-0.05, 0) is 35.9 Å². The summed E-state index contributed by atoms with van der Waals surface area (Å²) in [5.74, 6) is 1.28. The molecule has 0 aliphatic carbocycles. The third-order valence-corrected chi connectivity index (χ3v) is 5.21. The summed E-state index contributed by atoms with van der Waals surface area (Å²) in [5, 5.41) is 7.76. The number of nitrogens with zero attached hydrogens (tertiary/aromatic N) is 1. The van der Waals surface area contributed by atoms with Crippen LogP contribution in [0.1, 0.15) is 21.6 Å². The van der Waals surface area contributed by atoms with E-state index in [2.05, 4.69) is 15.6 Å². The van der Waals surface area contributed by atoms with E-state index in [1.165, 1.54) is 25.6 Å². The van der Waals surface area contributed by atoms with Gasteiger partial charge in [-0.25, -0.2) is 4.98 Å². The van der Waals surface area contributed by atoms with Crippen LogP contribution in [-0.4, -0.2) is 38.1 Å². The smallest absolute Gasteiger partial charge is 0.257 e. The van der Waals surface area contributed by atoms with Gasteiger partial charge in [0.2, 0.25) is 5.91 Å². The highest BCUT2D eigenvalue weighted by molar-refractivity contribution is 7.14.